The summed E-state index contributed by atoms with van der Waals surface area (Å²) in [5.74, 6) is -0.265. The summed E-state index contributed by atoms with van der Waals surface area (Å²) in [6.07, 6.45) is 2.14. The van der Waals surface area contributed by atoms with Gasteiger partial charge in [-0.2, -0.15) is 0 Å². The maximum absolute atomic E-state index is 12.4. The lowest BCUT2D eigenvalue weighted by atomic mass is 9.96. The van der Waals surface area contributed by atoms with Gasteiger partial charge in [0.05, 0.1) is 19.4 Å². The molecular weight excluding hydrogens is 292 g/mol. The molecule has 0 saturated carbocycles. The average molecular weight is 318 g/mol. The molecule has 2 rings (SSSR count). The highest BCUT2D eigenvalue weighted by Crippen LogP contribution is 2.19. The highest BCUT2D eigenvalue weighted by Gasteiger charge is 2.26. The van der Waals surface area contributed by atoms with Gasteiger partial charge in [0.2, 0.25) is 5.91 Å². The summed E-state index contributed by atoms with van der Waals surface area (Å²) < 4.78 is 4.63. The third-order valence-electron chi connectivity index (χ3n) is 4.21. The first kappa shape index (κ1) is 17.5. The zero-order chi connectivity index (χ0) is 16.7. The molecule has 1 aromatic rings. The van der Waals surface area contributed by atoms with Crippen molar-refractivity contribution in [1.29, 1.82) is 0 Å². The summed E-state index contributed by atoms with van der Waals surface area (Å²) in [7, 11) is 1.36. The number of benzene rings is 1. The molecule has 0 spiro atoms. The number of carbonyl (C=O) groups is 2. The van der Waals surface area contributed by atoms with E-state index < -0.39 is 0 Å². The maximum atomic E-state index is 12.4. The number of piperidine rings is 1. The van der Waals surface area contributed by atoms with E-state index in [0.29, 0.717) is 0 Å². The number of likely N-dealkylation sites (tertiary alicyclic amines) is 1. The van der Waals surface area contributed by atoms with Gasteiger partial charge < -0.3 is 10.1 Å². The number of amides is 1. The summed E-state index contributed by atoms with van der Waals surface area (Å²) in [6.45, 7) is 4.50. The molecule has 1 aromatic carbocycles. The summed E-state index contributed by atoms with van der Waals surface area (Å²) >= 11 is 0. The summed E-state index contributed by atoms with van der Waals surface area (Å²) in [4.78, 5) is 26.0. The zero-order valence-corrected chi connectivity index (χ0v) is 14.0. The molecular formula is C18H26N2O3. The van der Waals surface area contributed by atoms with Crippen LogP contribution in [0.15, 0.2) is 30.3 Å². The first-order valence-corrected chi connectivity index (χ1v) is 8.22. The Hall–Kier alpha value is -1.88. The van der Waals surface area contributed by atoms with Gasteiger partial charge in [-0.05, 0) is 31.9 Å². The van der Waals surface area contributed by atoms with Gasteiger partial charge in [-0.1, -0.05) is 30.3 Å². The second kappa shape index (κ2) is 8.67. The number of nitrogens with zero attached hydrogens (tertiary/aromatic N) is 1. The number of ether oxygens (including phenoxy) is 1. The number of nitrogens with one attached hydrogen (secondary N) is 1. The first-order valence-electron chi connectivity index (χ1n) is 8.22. The number of hydrogen-bond donors (Lipinski definition) is 1. The van der Waals surface area contributed by atoms with Crippen LogP contribution in [0.2, 0.25) is 0 Å². The van der Waals surface area contributed by atoms with Gasteiger partial charge in [0.15, 0.2) is 0 Å². The number of methoxy groups -OCH3 is 1. The molecule has 0 bridgehead atoms. The van der Waals surface area contributed by atoms with E-state index in [1.54, 1.807) is 0 Å². The van der Waals surface area contributed by atoms with Crippen molar-refractivity contribution in [3.63, 3.8) is 0 Å². The Kier molecular flexibility index (Phi) is 6.59. The Morgan fingerprint density at radius 3 is 2.78 bits per heavy atom. The Morgan fingerprint density at radius 1 is 1.35 bits per heavy atom. The van der Waals surface area contributed by atoms with Crippen LogP contribution in [-0.2, 0) is 20.9 Å². The van der Waals surface area contributed by atoms with Gasteiger partial charge in [-0.25, -0.2) is 0 Å². The van der Waals surface area contributed by atoms with Crippen LogP contribution in [0.5, 0.6) is 0 Å². The van der Waals surface area contributed by atoms with Crippen molar-refractivity contribution >= 4 is 11.9 Å². The molecule has 1 aliphatic heterocycles. The Morgan fingerprint density at radius 2 is 2.09 bits per heavy atom. The van der Waals surface area contributed by atoms with E-state index in [2.05, 4.69) is 27.1 Å². The molecule has 0 aliphatic carbocycles. The lowest BCUT2D eigenvalue weighted by Crippen LogP contribution is -2.45. The topological polar surface area (TPSA) is 58.6 Å². The zero-order valence-electron chi connectivity index (χ0n) is 14.0. The van der Waals surface area contributed by atoms with Crippen LogP contribution in [0.1, 0.15) is 31.7 Å². The SMILES string of the molecule is COC(=O)C[C@@H](C)NC(=O)[C@H]1CCCN(Cc2ccccc2)C1. The molecule has 0 radical (unpaired) electrons. The van der Waals surface area contributed by atoms with E-state index in [1.165, 1.54) is 12.7 Å². The van der Waals surface area contributed by atoms with Gasteiger partial charge in [0.1, 0.15) is 0 Å². The molecule has 1 amide bonds. The van der Waals surface area contributed by atoms with E-state index in [4.69, 9.17) is 0 Å². The van der Waals surface area contributed by atoms with Crippen LogP contribution >= 0.6 is 0 Å². The molecule has 5 heteroatoms. The van der Waals surface area contributed by atoms with E-state index in [9.17, 15) is 9.59 Å². The van der Waals surface area contributed by atoms with Crippen molar-refractivity contribution in [3.8, 4) is 0 Å². The monoisotopic (exact) mass is 318 g/mol. The molecule has 1 aliphatic rings. The van der Waals surface area contributed by atoms with E-state index in [0.717, 1.165) is 32.5 Å². The minimum absolute atomic E-state index is 0.00689. The summed E-state index contributed by atoms with van der Waals surface area (Å²) in [6, 6.07) is 10.1. The fraction of sp³-hybridized carbons (Fsp3) is 0.556. The predicted molar refractivity (Wildman–Crippen MR) is 88.7 cm³/mol. The second-order valence-corrected chi connectivity index (χ2v) is 6.25. The van der Waals surface area contributed by atoms with Crippen molar-refractivity contribution in [3.05, 3.63) is 35.9 Å². The highest BCUT2D eigenvalue weighted by molar-refractivity contribution is 5.80. The molecule has 1 heterocycles. The molecule has 1 saturated heterocycles. The molecule has 0 aromatic heterocycles. The van der Waals surface area contributed by atoms with Gasteiger partial charge in [-0.3, -0.25) is 14.5 Å². The van der Waals surface area contributed by atoms with E-state index >= 15 is 0 Å². The van der Waals surface area contributed by atoms with E-state index in [-0.39, 0.29) is 30.3 Å². The fourth-order valence-electron chi connectivity index (χ4n) is 3.00. The molecule has 126 valence electrons. The fourth-order valence-corrected chi connectivity index (χ4v) is 3.00. The molecule has 23 heavy (non-hydrogen) atoms. The Labute approximate surface area is 138 Å². The van der Waals surface area contributed by atoms with Crippen LogP contribution in [0.4, 0.5) is 0 Å². The third kappa shape index (κ3) is 5.67. The number of rotatable bonds is 6. The largest absolute Gasteiger partial charge is 0.469 e. The van der Waals surface area contributed by atoms with E-state index in [1.807, 2.05) is 25.1 Å². The Balaban J connectivity index is 1.83. The number of hydrogen-bond acceptors (Lipinski definition) is 4. The predicted octanol–water partition coefficient (Wildman–Crippen LogP) is 1.97. The van der Waals surface area contributed by atoms with Gasteiger partial charge in [0.25, 0.3) is 0 Å². The molecule has 0 unspecified atom stereocenters. The normalized spacial score (nSPS) is 19.8. The van der Waals surface area contributed by atoms with Crippen molar-refractivity contribution in [2.24, 2.45) is 5.92 Å². The first-order chi connectivity index (χ1) is 11.1. The average Bonchev–Trinajstić information content (AvgIpc) is 2.55. The van der Waals surface area contributed by atoms with Gasteiger partial charge in [0, 0.05) is 19.1 Å². The van der Waals surface area contributed by atoms with Crippen molar-refractivity contribution in [2.45, 2.75) is 38.8 Å². The maximum Gasteiger partial charge on any atom is 0.307 e. The second-order valence-electron chi connectivity index (χ2n) is 6.25. The van der Waals surface area contributed by atoms with Crippen molar-refractivity contribution in [1.82, 2.24) is 10.2 Å². The summed E-state index contributed by atoms with van der Waals surface area (Å²) in [5, 5.41) is 2.93. The van der Waals surface area contributed by atoms with Crippen molar-refractivity contribution < 1.29 is 14.3 Å². The molecule has 1 N–H and O–H groups in total. The lowest BCUT2D eigenvalue weighted by molar-refractivity contribution is -0.141. The quantitative estimate of drug-likeness (QED) is 0.815. The van der Waals surface area contributed by atoms with Crippen LogP contribution in [-0.4, -0.2) is 43.0 Å². The minimum atomic E-state index is -0.299. The van der Waals surface area contributed by atoms with Crippen LogP contribution < -0.4 is 5.32 Å². The van der Waals surface area contributed by atoms with Crippen LogP contribution in [0, 0.1) is 5.92 Å². The highest BCUT2D eigenvalue weighted by atomic mass is 16.5. The smallest absolute Gasteiger partial charge is 0.307 e. The molecule has 2 atom stereocenters. The number of carbonyl (C=O) groups excluding carboxylic acids is 2. The van der Waals surface area contributed by atoms with Gasteiger partial charge >= 0.3 is 5.97 Å². The minimum Gasteiger partial charge on any atom is -0.469 e. The number of esters is 1. The van der Waals surface area contributed by atoms with Gasteiger partial charge in [-0.15, -0.1) is 0 Å². The molecule has 1 fully saturated rings. The van der Waals surface area contributed by atoms with Crippen LogP contribution in [0.3, 0.4) is 0 Å². The summed E-state index contributed by atoms with van der Waals surface area (Å²) in [5.41, 5.74) is 1.27. The molecule has 5 nitrogen and oxygen atoms in total. The Bertz CT molecular complexity index is 518. The third-order valence-corrected chi connectivity index (χ3v) is 4.21. The van der Waals surface area contributed by atoms with Crippen LogP contribution in [0.25, 0.3) is 0 Å². The van der Waals surface area contributed by atoms with Crippen molar-refractivity contribution in [2.75, 3.05) is 20.2 Å². The standard InChI is InChI=1S/C18H26N2O3/c1-14(11-17(21)23-2)19-18(22)16-9-6-10-20(13-16)12-15-7-4-3-5-8-15/h3-5,7-8,14,16H,6,9-13H2,1-2H3,(H,19,22)/t14-,16+/m1/s1. The lowest BCUT2D eigenvalue weighted by Gasteiger charge is -2.32.